The van der Waals surface area contributed by atoms with E-state index in [1.54, 1.807) is 0 Å². The first-order valence-corrected chi connectivity index (χ1v) is 7.97. The summed E-state index contributed by atoms with van der Waals surface area (Å²) in [5.41, 5.74) is 0.0821. The van der Waals surface area contributed by atoms with Gasteiger partial charge in [0.25, 0.3) is 5.91 Å². The first kappa shape index (κ1) is 21.1. The number of carbonyl (C=O) groups excluding carboxylic acids is 3. The van der Waals surface area contributed by atoms with Crippen molar-refractivity contribution in [2.75, 3.05) is 41.0 Å². The summed E-state index contributed by atoms with van der Waals surface area (Å²) >= 11 is 0. The summed E-state index contributed by atoms with van der Waals surface area (Å²) in [6.45, 7) is 1.73. The number of esters is 1. The number of carbonyl (C=O) groups is 3. The van der Waals surface area contributed by atoms with Gasteiger partial charge in [0.2, 0.25) is 11.7 Å². The molecule has 2 amide bonds. The van der Waals surface area contributed by atoms with Gasteiger partial charge in [-0.25, -0.2) is 4.79 Å². The lowest BCUT2D eigenvalue weighted by molar-refractivity contribution is -0.127. The van der Waals surface area contributed by atoms with E-state index in [0.29, 0.717) is 12.3 Å². The van der Waals surface area contributed by atoms with Gasteiger partial charge in [-0.1, -0.05) is 6.92 Å². The number of hydrogen-bond donors (Lipinski definition) is 2. The van der Waals surface area contributed by atoms with Crippen LogP contribution in [0.3, 0.4) is 0 Å². The third kappa shape index (κ3) is 5.83. The SMILES string of the molecule is CCCNC(=O)CNC(=O)COC(=O)c1ccc(OC)c(OC)c1OC. The minimum Gasteiger partial charge on any atom is -0.493 e. The van der Waals surface area contributed by atoms with Crippen molar-refractivity contribution in [2.45, 2.75) is 13.3 Å². The zero-order chi connectivity index (χ0) is 19.5. The Morgan fingerprint density at radius 2 is 1.62 bits per heavy atom. The Morgan fingerprint density at radius 1 is 0.923 bits per heavy atom. The quantitative estimate of drug-likeness (QED) is 0.579. The third-order valence-electron chi connectivity index (χ3n) is 3.28. The molecule has 1 rings (SSSR count). The summed E-state index contributed by atoms with van der Waals surface area (Å²) in [6.07, 6.45) is 0.796. The lowest BCUT2D eigenvalue weighted by Crippen LogP contribution is -2.38. The fourth-order valence-corrected chi connectivity index (χ4v) is 2.03. The summed E-state index contributed by atoms with van der Waals surface area (Å²) in [7, 11) is 4.23. The summed E-state index contributed by atoms with van der Waals surface area (Å²) in [5, 5.41) is 4.98. The van der Waals surface area contributed by atoms with Crippen LogP contribution in [-0.4, -0.2) is 58.8 Å². The van der Waals surface area contributed by atoms with E-state index >= 15 is 0 Å². The van der Waals surface area contributed by atoms with Gasteiger partial charge >= 0.3 is 5.97 Å². The highest BCUT2D eigenvalue weighted by molar-refractivity contribution is 5.95. The van der Waals surface area contributed by atoms with Crippen LogP contribution in [-0.2, 0) is 14.3 Å². The number of ether oxygens (including phenoxy) is 4. The van der Waals surface area contributed by atoms with Crippen LogP contribution in [0.25, 0.3) is 0 Å². The van der Waals surface area contributed by atoms with Gasteiger partial charge in [0.15, 0.2) is 18.1 Å². The third-order valence-corrected chi connectivity index (χ3v) is 3.28. The van der Waals surface area contributed by atoms with Gasteiger partial charge in [-0.05, 0) is 18.6 Å². The van der Waals surface area contributed by atoms with Crippen molar-refractivity contribution in [3.63, 3.8) is 0 Å². The molecular formula is C17H24N2O7. The van der Waals surface area contributed by atoms with Crippen molar-refractivity contribution in [2.24, 2.45) is 0 Å². The van der Waals surface area contributed by atoms with Gasteiger partial charge in [-0.15, -0.1) is 0 Å². The summed E-state index contributed by atoms with van der Waals surface area (Å²) < 4.78 is 20.5. The van der Waals surface area contributed by atoms with Crippen LogP contribution in [0.15, 0.2) is 12.1 Å². The Labute approximate surface area is 151 Å². The molecule has 26 heavy (non-hydrogen) atoms. The van der Waals surface area contributed by atoms with Crippen molar-refractivity contribution in [3.8, 4) is 17.2 Å². The van der Waals surface area contributed by atoms with Gasteiger partial charge < -0.3 is 29.6 Å². The Morgan fingerprint density at radius 3 is 2.19 bits per heavy atom. The van der Waals surface area contributed by atoms with Crippen LogP contribution in [0.2, 0.25) is 0 Å². The Balaban J connectivity index is 2.65. The maximum atomic E-state index is 12.2. The largest absolute Gasteiger partial charge is 0.493 e. The van der Waals surface area contributed by atoms with Gasteiger partial charge in [0, 0.05) is 6.54 Å². The topological polar surface area (TPSA) is 112 Å². The Kier molecular flexibility index (Phi) is 8.76. The van der Waals surface area contributed by atoms with E-state index < -0.39 is 18.5 Å². The van der Waals surface area contributed by atoms with Crippen LogP contribution in [0.1, 0.15) is 23.7 Å². The predicted molar refractivity (Wildman–Crippen MR) is 92.7 cm³/mol. The number of amides is 2. The van der Waals surface area contributed by atoms with E-state index in [0.717, 1.165) is 6.42 Å². The molecule has 144 valence electrons. The number of rotatable bonds is 10. The van der Waals surface area contributed by atoms with Crippen LogP contribution >= 0.6 is 0 Å². The minimum atomic E-state index is -0.770. The average Bonchev–Trinajstić information content (AvgIpc) is 2.67. The van der Waals surface area contributed by atoms with E-state index in [1.165, 1.54) is 33.5 Å². The lowest BCUT2D eigenvalue weighted by atomic mass is 10.1. The van der Waals surface area contributed by atoms with Crippen LogP contribution in [0.5, 0.6) is 17.2 Å². The molecule has 0 unspecified atom stereocenters. The summed E-state index contributed by atoms with van der Waals surface area (Å²) in [5.74, 6) is -0.916. The van der Waals surface area contributed by atoms with E-state index in [4.69, 9.17) is 18.9 Å². The molecule has 0 aliphatic carbocycles. The maximum Gasteiger partial charge on any atom is 0.342 e. The lowest BCUT2D eigenvalue weighted by Gasteiger charge is -2.15. The molecule has 1 aromatic carbocycles. The second-order valence-electron chi connectivity index (χ2n) is 5.08. The fraction of sp³-hybridized carbons (Fsp3) is 0.471. The molecule has 0 saturated heterocycles. The van der Waals surface area contributed by atoms with Crippen molar-refractivity contribution in [3.05, 3.63) is 17.7 Å². The highest BCUT2D eigenvalue weighted by Crippen LogP contribution is 2.39. The zero-order valence-electron chi connectivity index (χ0n) is 15.3. The van der Waals surface area contributed by atoms with Crippen molar-refractivity contribution in [1.82, 2.24) is 10.6 Å². The van der Waals surface area contributed by atoms with Crippen LogP contribution < -0.4 is 24.8 Å². The first-order valence-electron chi connectivity index (χ1n) is 7.97. The van der Waals surface area contributed by atoms with Crippen LogP contribution in [0, 0.1) is 0 Å². The monoisotopic (exact) mass is 368 g/mol. The number of hydrogen-bond acceptors (Lipinski definition) is 7. The molecule has 9 heteroatoms. The number of methoxy groups -OCH3 is 3. The van der Waals surface area contributed by atoms with E-state index in [2.05, 4.69) is 10.6 Å². The molecule has 0 aromatic heterocycles. The van der Waals surface area contributed by atoms with Crippen molar-refractivity contribution < 1.29 is 33.3 Å². The molecule has 0 fully saturated rings. The second kappa shape index (κ2) is 10.8. The molecule has 0 saturated carbocycles. The first-order chi connectivity index (χ1) is 12.5. The van der Waals surface area contributed by atoms with Crippen LogP contribution in [0.4, 0.5) is 0 Å². The molecule has 0 bridgehead atoms. The molecule has 0 atom stereocenters. The molecule has 1 aromatic rings. The molecule has 2 N–H and O–H groups in total. The van der Waals surface area contributed by atoms with E-state index in [9.17, 15) is 14.4 Å². The van der Waals surface area contributed by atoms with Gasteiger partial charge in [-0.2, -0.15) is 0 Å². The average molecular weight is 368 g/mol. The minimum absolute atomic E-state index is 0.0821. The normalized spacial score (nSPS) is 9.85. The van der Waals surface area contributed by atoms with Crippen molar-refractivity contribution in [1.29, 1.82) is 0 Å². The Bertz CT molecular complexity index is 646. The van der Waals surface area contributed by atoms with E-state index in [1.807, 2.05) is 6.92 Å². The number of benzene rings is 1. The summed E-state index contributed by atoms with van der Waals surface area (Å²) in [6, 6.07) is 2.97. The highest BCUT2D eigenvalue weighted by Gasteiger charge is 2.22. The molecule has 0 spiro atoms. The molecule has 0 radical (unpaired) electrons. The smallest absolute Gasteiger partial charge is 0.342 e. The molecule has 9 nitrogen and oxygen atoms in total. The molecule has 0 heterocycles. The highest BCUT2D eigenvalue weighted by atomic mass is 16.5. The molecular weight excluding hydrogens is 344 g/mol. The van der Waals surface area contributed by atoms with Gasteiger partial charge in [0.1, 0.15) is 5.56 Å². The van der Waals surface area contributed by atoms with Gasteiger partial charge in [0.05, 0.1) is 27.9 Å². The summed E-state index contributed by atoms with van der Waals surface area (Å²) in [4.78, 5) is 35.3. The van der Waals surface area contributed by atoms with E-state index in [-0.39, 0.29) is 29.5 Å². The second-order valence-corrected chi connectivity index (χ2v) is 5.08. The molecule has 0 aliphatic rings. The van der Waals surface area contributed by atoms with Crippen molar-refractivity contribution >= 4 is 17.8 Å². The molecule has 0 aliphatic heterocycles. The fourth-order valence-electron chi connectivity index (χ4n) is 2.03. The van der Waals surface area contributed by atoms with Gasteiger partial charge in [-0.3, -0.25) is 9.59 Å². The Hall–Kier alpha value is -2.97. The number of nitrogens with one attached hydrogen (secondary N) is 2. The maximum absolute atomic E-state index is 12.2. The zero-order valence-corrected chi connectivity index (χ0v) is 15.3. The predicted octanol–water partition coefficient (Wildman–Crippen LogP) is 0.512. The standard InChI is InChI=1S/C17H24N2O7/c1-5-8-18-13(20)9-19-14(21)10-26-17(22)11-6-7-12(23-2)16(25-4)15(11)24-3/h6-7H,5,8-10H2,1-4H3,(H,18,20)(H,19,21).